The Balaban J connectivity index is 0.00000242. The number of benzene rings is 1. The standard InChI is InChI=1S/C16H23ClN2O2.2ClH/c1-11(2)8-14(19-6-4-18-5-7-19)12-9-13(17)16(20)15(10-12)21-3;;/h9-10,14,18,20H,1,4-8H2,2-3H3;2*1H/t14-;;/m1../s1. The van der Waals surface area contributed by atoms with Gasteiger partial charge in [0.05, 0.1) is 12.1 Å². The SMILES string of the molecule is C=C(C)C[C@H](c1cc(Cl)c(O)c(OC)c1)N1CCNCC1.Cl.Cl. The van der Waals surface area contributed by atoms with Crippen LogP contribution in [-0.2, 0) is 0 Å². The molecule has 0 unspecified atom stereocenters. The summed E-state index contributed by atoms with van der Waals surface area (Å²) in [5.74, 6) is 0.414. The van der Waals surface area contributed by atoms with Gasteiger partial charge in [-0.2, -0.15) is 0 Å². The summed E-state index contributed by atoms with van der Waals surface area (Å²) < 4.78 is 5.22. The second-order valence-electron chi connectivity index (χ2n) is 5.52. The van der Waals surface area contributed by atoms with E-state index in [2.05, 4.69) is 16.8 Å². The van der Waals surface area contributed by atoms with Gasteiger partial charge in [-0.05, 0) is 31.0 Å². The maximum absolute atomic E-state index is 9.90. The molecule has 0 aromatic heterocycles. The molecule has 1 aromatic rings. The number of aromatic hydroxyl groups is 1. The minimum atomic E-state index is -0.00250. The van der Waals surface area contributed by atoms with Crippen molar-refractivity contribution >= 4 is 36.4 Å². The fourth-order valence-electron chi connectivity index (χ4n) is 2.72. The lowest BCUT2D eigenvalue weighted by Crippen LogP contribution is -2.45. The number of nitrogens with zero attached hydrogens (tertiary/aromatic N) is 1. The zero-order chi connectivity index (χ0) is 15.4. The molecule has 7 heteroatoms. The summed E-state index contributed by atoms with van der Waals surface area (Å²) in [7, 11) is 1.54. The third kappa shape index (κ3) is 5.73. The smallest absolute Gasteiger partial charge is 0.176 e. The average molecular weight is 384 g/mol. The highest BCUT2D eigenvalue weighted by atomic mass is 35.5. The van der Waals surface area contributed by atoms with Gasteiger partial charge in [0.15, 0.2) is 11.5 Å². The Morgan fingerprint density at radius 1 is 1.39 bits per heavy atom. The van der Waals surface area contributed by atoms with Gasteiger partial charge >= 0.3 is 0 Å². The van der Waals surface area contributed by atoms with Gasteiger partial charge in [-0.3, -0.25) is 4.90 Å². The summed E-state index contributed by atoms with van der Waals surface area (Å²) in [6, 6.07) is 3.91. The van der Waals surface area contributed by atoms with Crippen LogP contribution < -0.4 is 10.1 Å². The van der Waals surface area contributed by atoms with Crippen molar-refractivity contribution in [3.05, 3.63) is 34.9 Å². The Morgan fingerprint density at radius 2 is 2.00 bits per heavy atom. The van der Waals surface area contributed by atoms with E-state index in [1.807, 2.05) is 19.1 Å². The predicted octanol–water partition coefficient (Wildman–Crippen LogP) is 3.81. The molecule has 23 heavy (non-hydrogen) atoms. The summed E-state index contributed by atoms with van der Waals surface area (Å²) in [6.07, 6.45) is 0.865. The van der Waals surface area contributed by atoms with Crippen LogP contribution >= 0.6 is 36.4 Å². The molecule has 1 heterocycles. The average Bonchev–Trinajstić information content (AvgIpc) is 2.48. The number of hydrogen-bond acceptors (Lipinski definition) is 4. The Bertz CT molecular complexity index is 520. The Kier molecular flexibility index (Phi) is 9.97. The van der Waals surface area contributed by atoms with Crippen molar-refractivity contribution < 1.29 is 9.84 Å². The lowest BCUT2D eigenvalue weighted by Gasteiger charge is -2.35. The number of hydrogen-bond donors (Lipinski definition) is 2. The van der Waals surface area contributed by atoms with Crippen LogP contribution in [0, 0.1) is 0 Å². The van der Waals surface area contributed by atoms with E-state index in [9.17, 15) is 5.11 Å². The topological polar surface area (TPSA) is 44.7 Å². The van der Waals surface area contributed by atoms with E-state index in [4.69, 9.17) is 16.3 Å². The van der Waals surface area contributed by atoms with E-state index in [1.54, 1.807) is 0 Å². The zero-order valence-corrected chi connectivity index (χ0v) is 15.9. The largest absolute Gasteiger partial charge is 0.503 e. The van der Waals surface area contributed by atoms with Gasteiger partial charge in [0.1, 0.15) is 0 Å². The number of ether oxygens (including phenoxy) is 1. The number of methoxy groups -OCH3 is 1. The minimum absolute atomic E-state index is 0. The summed E-state index contributed by atoms with van der Waals surface area (Å²) in [5.41, 5.74) is 2.18. The Hall–Kier alpha value is -0.650. The second-order valence-corrected chi connectivity index (χ2v) is 5.92. The molecule has 0 aliphatic carbocycles. The van der Waals surface area contributed by atoms with Crippen LogP contribution in [0.2, 0.25) is 5.02 Å². The fraction of sp³-hybridized carbons (Fsp3) is 0.500. The fourth-order valence-corrected chi connectivity index (χ4v) is 2.94. The number of nitrogens with one attached hydrogen (secondary N) is 1. The third-order valence-electron chi connectivity index (χ3n) is 3.79. The van der Waals surface area contributed by atoms with Gasteiger partial charge < -0.3 is 15.2 Å². The van der Waals surface area contributed by atoms with Crippen LogP contribution in [0.5, 0.6) is 11.5 Å². The number of halogens is 3. The molecule has 1 fully saturated rings. The van der Waals surface area contributed by atoms with Crippen molar-refractivity contribution in [3.63, 3.8) is 0 Å². The maximum Gasteiger partial charge on any atom is 0.176 e. The molecule has 1 aliphatic rings. The molecule has 0 bridgehead atoms. The van der Waals surface area contributed by atoms with Gasteiger partial charge in [0.2, 0.25) is 0 Å². The first-order valence-corrected chi connectivity index (χ1v) is 7.56. The van der Waals surface area contributed by atoms with Gasteiger partial charge in [0, 0.05) is 32.2 Å². The van der Waals surface area contributed by atoms with Crippen LogP contribution in [-0.4, -0.2) is 43.3 Å². The van der Waals surface area contributed by atoms with Crippen molar-refractivity contribution in [2.45, 2.75) is 19.4 Å². The monoisotopic (exact) mass is 382 g/mol. The molecule has 4 nitrogen and oxygen atoms in total. The molecule has 0 amide bonds. The zero-order valence-electron chi connectivity index (χ0n) is 13.5. The van der Waals surface area contributed by atoms with Crippen LogP contribution in [0.1, 0.15) is 24.9 Å². The van der Waals surface area contributed by atoms with Crippen molar-refractivity contribution in [1.82, 2.24) is 10.2 Å². The summed E-state index contributed by atoms with van der Waals surface area (Å²) in [5, 5.41) is 13.6. The van der Waals surface area contributed by atoms with Crippen LogP contribution in [0.3, 0.4) is 0 Å². The molecule has 1 atom stereocenters. The molecule has 0 spiro atoms. The van der Waals surface area contributed by atoms with Gasteiger partial charge in [-0.15, -0.1) is 31.4 Å². The number of phenols is 1. The lowest BCUT2D eigenvalue weighted by molar-refractivity contribution is 0.172. The van der Waals surface area contributed by atoms with Crippen LogP contribution in [0.15, 0.2) is 24.3 Å². The molecular weight excluding hydrogens is 359 g/mol. The van der Waals surface area contributed by atoms with E-state index in [0.717, 1.165) is 43.7 Å². The molecule has 0 saturated carbocycles. The highest BCUT2D eigenvalue weighted by Crippen LogP contribution is 2.39. The molecule has 1 aromatic carbocycles. The molecule has 1 aliphatic heterocycles. The van der Waals surface area contributed by atoms with Crippen molar-refractivity contribution in [2.75, 3.05) is 33.3 Å². The summed E-state index contributed by atoms with van der Waals surface area (Å²) in [4.78, 5) is 2.42. The van der Waals surface area contributed by atoms with E-state index in [0.29, 0.717) is 10.8 Å². The molecule has 0 radical (unpaired) electrons. The second kappa shape index (κ2) is 10.3. The van der Waals surface area contributed by atoms with Crippen LogP contribution in [0.4, 0.5) is 0 Å². The van der Waals surface area contributed by atoms with E-state index in [-0.39, 0.29) is 36.6 Å². The van der Waals surface area contributed by atoms with Gasteiger partial charge in [-0.1, -0.05) is 17.2 Å². The van der Waals surface area contributed by atoms with E-state index >= 15 is 0 Å². The highest BCUT2D eigenvalue weighted by Gasteiger charge is 2.24. The first-order valence-electron chi connectivity index (χ1n) is 7.18. The third-order valence-corrected chi connectivity index (χ3v) is 4.08. The van der Waals surface area contributed by atoms with Crippen molar-refractivity contribution in [3.8, 4) is 11.5 Å². The quantitative estimate of drug-likeness (QED) is 0.759. The van der Waals surface area contributed by atoms with E-state index < -0.39 is 0 Å². The maximum atomic E-state index is 9.90. The van der Waals surface area contributed by atoms with E-state index in [1.165, 1.54) is 7.11 Å². The normalized spacial score (nSPS) is 16.0. The Labute approximate surface area is 155 Å². The first-order chi connectivity index (χ1) is 10.0. The molecule has 2 rings (SSSR count). The van der Waals surface area contributed by atoms with Crippen molar-refractivity contribution in [2.24, 2.45) is 0 Å². The molecular formula is C16H25Cl3N2O2. The van der Waals surface area contributed by atoms with Crippen LogP contribution in [0.25, 0.3) is 0 Å². The molecule has 2 N–H and O–H groups in total. The van der Waals surface area contributed by atoms with Gasteiger partial charge in [-0.25, -0.2) is 0 Å². The number of phenolic OH excluding ortho intramolecular Hbond substituents is 1. The first kappa shape index (κ1) is 22.4. The minimum Gasteiger partial charge on any atom is -0.503 e. The molecule has 1 saturated heterocycles. The summed E-state index contributed by atoms with van der Waals surface area (Å²) >= 11 is 6.13. The van der Waals surface area contributed by atoms with Gasteiger partial charge in [0.25, 0.3) is 0 Å². The molecule has 132 valence electrons. The summed E-state index contributed by atoms with van der Waals surface area (Å²) in [6.45, 7) is 10.0. The lowest BCUT2D eigenvalue weighted by atomic mass is 9.97. The number of rotatable bonds is 5. The predicted molar refractivity (Wildman–Crippen MR) is 101 cm³/mol. The number of piperazine rings is 1. The Morgan fingerprint density at radius 3 is 2.52 bits per heavy atom. The highest BCUT2D eigenvalue weighted by molar-refractivity contribution is 6.32. The van der Waals surface area contributed by atoms with Crippen molar-refractivity contribution in [1.29, 1.82) is 0 Å².